The van der Waals surface area contributed by atoms with Crippen molar-refractivity contribution in [1.82, 2.24) is 4.98 Å². The third-order valence-electron chi connectivity index (χ3n) is 3.34. The zero-order chi connectivity index (χ0) is 11.9. The van der Waals surface area contributed by atoms with Crippen molar-refractivity contribution in [2.45, 2.75) is 33.2 Å². The average Bonchev–Trinajstić information content (AvgIpc) is 2.71. The lowest BCUT2D eigenvalue weighted by atomic mass is 10.0. The summed E-state index contributed by atoms with van der Waals surface area (Å²) in [6.45, 7) is 6.80. The van der Waals surface area contributed by atoms with Gasteiger partial charge in [-0.05, 0) is 27.2 Å². The van der Waals surface area contributed by atoms with Gasteiger partial charge < -0.3 is 10.0 Å². The van der Waals surface area contributed by atoms with Crippen LogP contribution in [0.1, 0.15) is 23.9 Å². The highest BCUT2D eigenvalue weighted by molar-refractivity contribution is 7.15. The van der Waals surface area contributed by atoms with Crippen molar-refractivity contribution < 1.29 is 9.90 Å². The van der Waals surface area contributed by atoms with E-state index in [1.54, 1.807) is 11.3 Å². The summed E-state index contributed by atoms with van der Waals surface area (Å²) in [4.78, 5) is 18.8. The lowest BCUT2D eigenvalue weighted by Gasteiger charge is -2.22. The predicted molar refractivity (Wildman–Crippen MR) is 64.1 cm³/mol. The first kappa shape index (κ1) is 11.4. The van der Waals surface area contributed by atoms with Crippen molar-refractivity contribution in [1.29, 1.82) is 0 Å². The van der Waals surface area contributed by atoms with Crippen LogP contribution in [0.15, 0.2) is 0 Å². The quantitative estimate of drug-likeness (QED) is 0.859. The molecule has 4 nitrogen and oxygen atoms in total. The van der Waals surface area contributed by atoms with Crippen LogP contribution in [0, 0.1) is 19.8 Å². The third-order valence-corrected chi connectivity index (χ3v) is 4.45. The van der Waals surface area contributed by atoms with Crippen LogP contribution in [0.3, 0.4) is 0 Å². The standard InChI is InChI=1S/C11H16N2O2S/c1-6-8(3)16-11(12-6)13-5-4-9(7(13)2)10(14)15/h7,9H,4-5H2,1-3H3,(H,14,15). The van der Waals surface area contributed by atoms with Gasteiger partial charge in [-0.3, -0.25) is 4.79 Å². The number of hydrogen-bond acceptors (Lipinski definition) is 4. The topological polar surface area (TPSA) is 53.4 Å². The van der Waals surface area contributed by atoms with Crippen LogP contribution in [0.5, 0.6) is 0 Å². The van der Waals surface area contributed by atoms with E-state index in [-0.39, 0.29) is 12.0 Å². The third kappa shape index (κ3) is 1.80. The van der Waals surface area contributed by atoms with E-state index in [1.165, 1.54) is 4.88 Å². The fourth-order valence-electron chi connectivity index (χ4n) is 2.12. The van der Waals surface area contributed by atoms with E-state index < -0.39 is 5.97 Å². The van der Waals surface area contributed by atoms with E-state index in [0.29, 0.717) is 6.42 Å². The molecule has 1 aromatic heterocycles. The summed E-state index contributed by atoms with van der Waals surface area (Å²) >= 11 is 1.65. The minimum Gasteiger partial charge on any atom is -0.481 e. The number of aliphatic carboxylic acids is 1. The first-order valence-electron chi connectivity index (χ1n) is 5.44. The molecule has 0 amide bonds. The molecule has 1 saturated heterocycles. The van der Waals surface area contributed by atoms with Crippen LogP contribution in [0.4, 0.5) is 5.13 Å². The molecule has 2 unspecified atom stereocenters. The maximum absolute atomic E-state index is 11.0. The Morgan fingerprint density at radius 3 is 2.69 bits per heavy atom. The van der Waals surface area contributed by atoms with Crippen LogP contribution in [0.25, 0.3) is 0 Å². The fourth-order valence-corrected chi connectivity index (χ4v) is 3.14. The molecule has 0 radical (unpaired) electrons. The minimum absolute atomic E-state index is 0.0439. The summed E-state index contributed by atoms with van der Waals surface area (Å²) in [5.41, 5.74) is 1.05. The highest BCUT2D eigenvalue weighted by atomic mass is 32.1. The van der Waals surface area contributed by atoms with Gasteiger partial charge in [-0.1, -0.05) is 0 Å². The van der Waals surface area contributed by atoms with Crippen LogP contribution >= 0.6 is 11.3 Å². The zero-order valence-electron chi connectivity index (χ0n) is 9.73. The summed E-state index contributed by atoms with van der Waals surface area (Å²) in [6, 6.07) is 0.0439. The molecule has 1 aromatic rings. The molecule has 0 aliphatic carbocycles. The van der Waals surface area contributed by atoms with E-state index in [0.717, 1.165) is 17.4 Å². The van der Waals surface area contributed by atoms with Crippen molar-refractivity contribution in [3.05, 3.63) is 10.6 Å². The van der Waals surface area contributed by atoms with Crippen molar-refractivity contribution >= 4 is 22.4 Å². The van der Waals surface area contributed by atoms with Gasteiger partial charge in [-0.25, -0.2) is 4.98 Å². The Balaban J connectivity index is 2.21. The normalized spacial score (nSPS) is 25.1. The van der Waals surface area contributed by atoms with Gasteiger partial charge in [0.15, 0.2) is 5.13 Å². The van der Waals surface area contributed by atoms with Gasteiger partial charge in [-0.2, -0.15) is 0 Å². The molecule has 5 heteroatoms. The van der Waals surface area contributed by atoms with Crippen LogP contribution in [-0.4, -0.2) is 28.6 Å². The van der Waals surface area contributed by atoms with Crippen LogP contribution in [0.2, 0.25) is 0 Å². The van der Waals surface area contributed by atoms with E-state index in [4.69, 9.17) is 5.11 Å². The van der Waals surface area contributed by atoms with Gasteiger partial charge in [0.05, 0.1) is 11.6 Å². The number of hydrogen-bond donors (Lipinski definition) is 1. The van der Waals surface area contributed by atoms with Crippen LogP contribution in [-0.2, 0) is 4.79 Å². The molecule has 1 aliphatic rings. The molecular weight excluding hydrogens is 224 g/mol. The second-order valence-corrected chi connectivity index (χ2v) is 5.49. The lowest BCUT2D eigenvalue weighted by molar-refractivity contribution is -0.141. The maximum atomic E-state index is 11.0. The van der Waals surface area contributed by atoms with Gasteiger partial charge in [0.2, 0.25) is 0 Å². The molecule has 2 rings (SSSR count). The van der Waals surface area contributed by atoms with E-state index in [1.807, 2.05) is 20.8 Å². The molecule has 16 heavy (non-hydrogen) atoms. The number of carboxylic acid groups (broad SMARTS) is 1. The van der Waals surface area contributed by atoms with Gasteiger partial charge in [-0.15, -0.1) is 11.3 Å². The van der Waals surface area contributed by atoms with Crippen molar-refractivity contribution in [2.24, 2.45) is 5.92 Å². The monoisotopic (exact) mass is 240 g/mol. The van der Waals surface area contributed by atoms with Gasteiger partial charge in [0.1, 0.15) is 0 Å². The molecule has 88 valence electrons. The summed E-state index contributed by atoms with van der Waals surface area (Å²) in [5, 5.41) is 10.0. The van der Waals surface area contributed by atoms with E-state index in [2.05, 4.69) is 9.88 Å². The number of rotatable bonds is 2. The minimum atomic E-state index is -0.694. The Morgan fingerprint density at radius 2 is 2.25 bits per heavy atom. The van der Waals surface area contributed by atoms with Gasteiger partial charge in [0, 0.05) is 17.5 Å². The van der Waals surface area contributed by atoms with Crippen molar-refractivity contribution in [3.8, 4) is 0 Å². The molecule has 0 aromatic carbocycles. The lowest BCUT2D eigenvalue weighted by Crippen LogP contribution is -2.32. The summed E-state index contributed by atoms with van der Waals surface area (Å²) in [5.74, 6) is -0.954. The smallest absolute Gasteiger partial charge is 0.308 e. The molecular formula is C11H16N2O2S. The SMILES string of the molecule is Cc1nc(N2CCC(C(=O)O)C2C)sc1C. The number of carboxylic acids is 1. The number of carbonyl (C=O) groups is 1. The Morgan fingerprint density at radius 1 is 1.56 bits per heavy atom. The van der Waals surface area contributed by atoms with Crippen LogP contribution < -0.4 is 4.90 Å². The largest absolute Gasteiger partial charge is 0.481 e. The van der Waals surface area contributed by atoms with E-state index in [9.17, 15) is 4.79 Å². The Labute approximate surface area is 98.9 Å². The second-order valence-electron chi connectivity index (χ2n) is 4.31. The average molecular weight is 240 g/mol. The molecule has 1 aliphatic heterocycles. The van der Waals surface area contributed by atoms with Gasteiger partial charge in [0.25, 0.3) is 0 Å². The first-order chi connectivity index (χ1) is 7.50. The molecule has 1 fully saturated rings. The second kappa shape index (κ2) is 4.05. The first-order valence-corrected chi connectivity index (χ1v) is 6.26. The summed E-state index contributed by atoms with van der Waals surface area (Å²) < 4.78 is 0. The molecule has 1 N–H and O–H groups in total. The number of aromatic nitrogens is 1. The molecule has 0 spiro atoms. The molecule has 2 heterocycles. The number of aryl methyl sites for hydroxylation is 2. The molecule has 2 atom stereocenters. The Kier molecular flexibility index (Phi) is 2.88. The predicted octanol–water partition coefficient (Wildman–Crippen LogP) is 2.06. The highest BCUT2D eigenvalue weighted by Gasteiger charge is 2.36. The Bertz CT molecular complexity index is 397. The van der Waals surface area contributed by atoms with Crippen molar-refractivity contribution in [2.75, 3.05) is 11.4 Å². The molecule has 0 bridgehead atoms. The van der Waals surface area contributed by atoms with E-state index >= 15 is 0 Å². The fraction of sp³-hybridized carbons (Fsp3) is 0.636. The number of nitrogens with zero attached hydrogens (tertiary/aromatic N) is 2. The van der Waals surface area contributed by atoms with Crippen molar-refractivity contribution in [3.63, 3.8) is 0 Å². The zero-order valence-corrected chi connectivity index (χ0v) is 10.5. The summed E-state index contributed by atoms with van der Waals surface area (Å²) in [6.07, 6.45) is 0.716. The number of anilines is 1. The molecule has 0 saturated carbocycles. The Hall–Kier alpha value is -1.10. The van der Waals surface area contributed by atoms with Gasteiger partial charge >= 0.3 is 5.97 Å². The maximum Gasteiger partial charge on any atom is 0.308 e. The number of thiazole rings is 1. The summed E-state index contributed by atoms with van der Waals surface area (Å²) in [7, 11) is 0. The highest BCUT2D eigenvalue weighted by Crippen LogP contribution is 2.33.